The van der Waals surface area contributed by atoms with E-state index in [9.17, 15) is 17.3 Å². The second-order valence-corrected chi connectivity index (χ2v) is 9.43. The average Bonchev–Trinajstić information content (AvgIpc) is 3.00. The Hall–Kier alpha value is -1.79. The first-order valence-electron chi connectivity index (χ1n) is 10.6. The molecule has 4 fully saturated rings. The molecule has 6 rings (SSSR count). The third-order valence-corrected chi connectivity index (χ3v) is 7.07. The van der Waals surface area contributed by atoms with Crippen LogP contribution in [0.2, 0.25) is 0 Å². The van der Waals surface area contributed by atoms with Crippen LogP contribution in [0.1, 0.15) is 54.8 Å². The van der Waals surface area contributed by atoms with Gasteiger partial charge in [-0.05, 0) is 75.8 Å². The van der Waals surface area contributed by atoms with Crippen molar-refractivity contribution in [2.24, 2.45) is 23.7 Å². The van der Waals surface area contributed by atoms with E-state index in [4.69, 9.17) is 0 Å². The Balaban J connectivity index is 0.000000369. The fourth-order valence-electron chi connectivity index (χ4n) is 6.64. The number of imidazole rings is 1. The van der Waals surface area contributed by atoms with Gasteiger partial charge in [0.2, 0.25) is 6.33 Å². The first kappa shape index (κ1) is 20.5. The summed E-state index contributed by atoms with van der Waals surface area (Å²) in [5.41, 5.74) is 5.47. The number of nitrogens with zero attached hydrogens (tertiary/aromatic N) is 2. The van der Waals surface area contributed by atoms with Gasteiger partial charge >= 0.3 is 7.25 Å². The lowest BCUT2D eigenvalue weighted by Gasteiger charge is -2.52. The molecule has 0 atom stereocenters. The second kappa shape index (κ2) is 7.48. The molecule has 0 aliphatic heterocycles. The Bertz CT molecular complexity index is 832. The van der Waals surface area contributed by atoms with Crippen LogP contribution in [0.3, 0.4) is 0 Å². The van der Waals surface area contributed by atoms with Gasteiger partial charge in [-0.3, -0.25) is 0 Å². The zero-order chi connectivity index (χ0) is 20.9. The lowest BCUT2D eigenvalue weighted by atomic mass is 9.54. The van der Waals surface area contributed by atoms with Gasteiger partial charge in [0, 0.05) is 11.8 Å². The van der Waals surface area contributed by atoms with Crippen molar-refractivity contribution in [3.8, 4) is 5.69 Å². The zero-order valence-corrected chi connectivity index (χ0v) is 17.3. The van der Waals surface area contributed by atoms with Gasteiger partial charge in [0.05, 0.1) is 0 Å². The summed E-state index contributed by atoms with van der Waals surface area (Å²) in [4.78, 5) is 0. The molecule has 7 heteroatoms. The molecule has 0 unspecified atom stereocenters. The van der Waals surface area contributed by atoms with Crippen molar-refractivity contribution in [2.75, 3.05) is 0 Å². The SMILES string of the molecule is Cc1cc(C)c(-n2cc[n+](C3C4CC5CC(C4)CC3C5)c2)c(C)c1.F[B-](F)(F)F. The molecule has 2 aromatic rings. The number of aromatic nitrogens is 2. The molecule has 0 radical (unpaired) electrons. The van der Waals surface area contributed by atoms with Crippen LogP contribution in [0.15, 0.2) is 30.9 Å². The smallest absolute Gasteiger partial charge is 0.418 e. The predicted molar refractivity (Wildman–Crippen MR) is 106 cm³/mol. The molecule has 1 aromatic heterocycles. The molecule has 0 spiro atoms. The minimum Gasteiger partial charge on any atom is -0.418 e. The predicted octanol–water partition coefficient (Wildman–Crippen LogP) is 5.99. The maximum Gasteiger partial charge on any atom is 0.673 e. The quantitative estimate of drug-likeness (QED) is 0.328. The standard InChI is InChI=1S/C22H29N2.BF4/c1-14-6-15(2)21(16(3)7-14)23-4-5-24(13-23)22-19-9-17-8-18(11-19)12-20(22)10-17;2-1(3,4)5/h4-7,13,17-20,22H,8-12H2,1-3H3;/q+1;-1. The monoisotopic (exact) mass is 408 g/mol. The van der Waals surface area contributed by atoms with Gasteiger partial charge in [-0.15, -0.1) is 0 Å². The van der Waals surface area contributed by atoms with E-state index >= 15 is 0 Å². The molecule has 29 heavy (non-hydrogen) atoms. The highest BCUT2D eigenvalue weighted by atomic mass is 19.5. The molecule has 4 aliphatic rings. The van der Waals surface area contributed by atoms with Crippen LogP contribution in [0.4, 0.5) is 17.3 Å². The summed E-state index contributed by atoms with van der Waals surface area (Å²) in [7, 11) is -6.00. The molecule has 1 heterocycles. The van der Waals surface area contributed by atoms with Crippen LogP contribution in [0.5, 0.6) is 0 Å². The fraction of sp³-hybridized carbons (Fsp3) is 0.591. The van der Waals surface area contributed by atoms with Crippen LogP contribution in [-0.2, 0) is 0 Å². The van der Waals surface area contributed by atoms with E-state index in [1.165, 1.54) is 54.5 Å². The minimum absolute atomic E-state index is 0.755. The van der Waals surface area contributed by atoms with E-state index in [0.717, 1.165) is 29.7 Å². The van der Waals surface area contributed by atoms with Crippen molar-refractivity contribution in [1.82, 2.24) is 4.57 Å². The van der Waals surface area contributed by atoms with Crippen molar-refractivity contribution < 1.29 is 21.8 Å². The molecular formula is C22H29BF4N2. The molecule has 2 nitrogen and oxygen atoms in total. The third kappa shape index (κ3) is 4.38. The van der Waals surface area contributed by atoms with Gasteiger partial charge in [-0.25, -0.2) is 9.13 Å². The van der Waals surface area contributed by atoms with Crippen molar-refractivity contribution >= 4 is 7.25 Å². The number of rotatable bonds is 2. The Labute approximate surface area is 170 Å². The molecule has 4 saturated carbocycles. The lowest BCUT2D eigenvalue weighted by Crippen LogP contribution is -2.55. The topological polar surface area (TPSA) is 8.81 Å². The third-order valence-electron chi connectivity index (χ3n) is 7.07. The highest BCUT2D eigenvalue weighted by Crippen LogP contribution is 2.56. The van der Waals surface area contributed by atoms with Gasteiger partial charge in [0.15, 0.2) is 0 Å². The van der Waals surface area contributed by atoms with Gasteiger partial charge in [0.1, 0.15) is 24.1 Å². The minimum atomic E-state index is -6.00. The van der Waals surface area contributed by atoms with Gasteiger partial charge < -0.3 is 17.3 Å². The molecule has 4 aliphatic carbocycles. The van der Waals surface area contributed by atoms with Gasteiger partial charge in [-0.2, -0.15) is 0 Å². The molecule has 1 aromatic carbocycles. The molecular weight excluding hydrogens is 379 g/mol. The van der Waals surface area contributed by atoms with Crippen LogP contribution < -0.4 is 4.57 Å². The zero-order valence-electron chi connectivity index (χ0n) is 17.3. The summed E-state index contributed by atoms with van der Waals surface area (Å²) < 4.78 is 43.9. The maximum absolute atomic E-state index is 9.75. The highest BCUT2D eigenvalue weighted by molar-refractivity contribution is 6.50. The van der Waals surface area contributed by atoms with E-state index in [1.807, 2.05) is 0 Å². The molecule has 0 amide bonds. The van der Waals surface area contributed by atoms with E-state index in [0.29, 0.717) is 0 Å². The fourth-order valence-corrected chi connectivity index (χ4v) is 6.64. The van der Waals surface area contributed by atoms with E-state index in [2.05, 4.69) is 60.8 Å². The first-order valence-corrected chi connectivity index (χ1v) is 10.6. The summed E-state index contributed by atoms with van der Waals surface area (Å²) in [5.74, 6) is 3.96. The van der Waals surface area contributed by atoms with Crippen LogP contribution in [0.25, 0.3) is 5.69 Å². The van der Waals surface area contributed by atoms with Crippen molar-refractivity contribution in [3.63, 3.8) is 0 Å². The number of benzene rings is 1. The number of hydrogen-bond acceptors (Lipinski definition) is 0. The largest absolute Gasteiger partial charge is 0.673 e. The molecule has 0 N–H and O–H groups in total. The molecule has 158 valence electrons. The Morgan fingerprint density at radius 1 is 0.862 bits per heavy atom. The normalized spacial score (nSPS) is 30.2. The summed E-state index contributed by atoms with van der Waals surface area (Å²) in [6.45, 7) is 6.67. The summed E-state index contributed by atoms with van der Waals surface area (Å²) in [6, 6.07) is 5.36. The summed E-state index contributed by atoms with van der Waals surface area (Å²) in [5, 5.41) is 0. The van der Waals surface area contributed by atoms with E-state index < -0.39 is 7.25 Å². The van der Waals surface area contributed by atoms with Crippen LogP contribution in [-0.4, -0.2) is 11.8 Å². The second-order valence-electron chi connectivity index (χ2n) is 9.43. The average molecular weight is 408 g/mol. The maximum atomic E-state index is 9.75. The number of aryl methyl sites for hydroxylation is 3. The Kier molecular flexibility index (Phi) is 5.28. The van der Waals surface area contributed by atoms with Crippen molar-refractivity contribution in [3.05, 3.63) is 47.5 Å². The Morgan fingerprint density at radius 3 is 1.83 bits per heavy atom. The molecule has 4 bridgehead atoms. The summed E-state index contributed by atoms with van der Waals surface area (Å²) >= 11 is 0. The van der Waals surface area contributed by atoms with Crippen molar-refractivity contribution in [2.45, 2.75) is 58.9 Å². The van der Waals surface area contributed by atoms with Gasteiger partial charge in [-0.1, -0.05) is 17.7 Å². The highest BCUT2D eigenvalue weighted by Gasteiger charge is 2.50. The van der Waals surface area contributed by atoms with Gasteiger partial charge in [0.25, 0.3) is 0 Å². The number of halogens is 4. The van der Waals surface area contributed by atoms with Crippen LogP contribution >= 0.6 is 0 Å². The van der Waals surface area contributed by atoms with E-state index in [1.54, 1.807) is 0 Å². The lowest BCUT2D eigenvalue weighted by molar-refractivity contribution is -0.742. The Morgan fingerprint density at radius 2 is 1.34 bits per heavy atom. The summed E-state index contributed by atoms with van der Waals surface area (Å²) in [6.07, 6.45) is 14.5. The molecule has 0 saturated heterocycles. The van der Waals surface area contributed by atoms with Crippen LogP contribution in [0, 0.1) is 44.4 Å². The van der Waals surface area contributed by atoms with Crippen molar-refractivity contribution in [1.29, 1.82) is 0 Å². The number of hydrogen-bond donors (Lipinski definition) is 0. The van der Waals surface area contributed by atoms with E-state index in [-0.39, 0.29) is 0 Å². The first-order chi connectivity index (χ1) is 13.6.